The summed E-state index contributed by atoms with van der Waals surface area (Å²) in [6, 6.07) is 12.7. The zero-order valence-electron chi connectivity index (χ0n) is 12.0. The van der Waals surface area contributed by atoms with Gasteiger partial charge in [0.15, 0.2) is 6.61 Å². The molecule has 0 saturated heterocycles. The number of carbonyl (C=O) groups excluding carboxylic acids is 1. The van der Waals surface area contributed by atoms with Crippen LogP contribution in [-0.4, -0.2) is 19.1 Å². The van der Waals surface area contributed by atoms with E-state index in [1.54, 1.807) is 36.4 Å². The number of hydrogen-bond donors (Lipinski definition) is 1. The number of benzene rings is 2. The average molecular weight is 342 g/mol. The van der Waals surface area contributed by atoms with Crippen molar-refractivity contribution >= 4 is 17.5 Å². The first-order valence-corrected chi connectivity index (χ1v) is 7.09. The molecule has 0 fully saturated rings. The molecule has 0 heterocycles. The lowest BCUT2D eigenvalue weighted by Crippen LogP contribution is -2.28. The summed E-state index contributed by atoms with van der Waals surface area (Å²) in [7, 11) is 0. The molecule has 0 saturated carbocycles. The molecule has 0 aliphatic carbocycles. The number of rotatable bonds is 7. The zero-order valence-corrected chi connectivity index (χ0v) is 12.7. The van der Waals surface area contributed by atoms with Crippen LogP contribution >= 0.6 is 11.6 Å². The third kappa shape index (κ3) is 6.12. The van der Waals surface area contributed by atoms with Crippen LogP contribution in [0, 0.1) is 0 Å². The standard InChI is InChI=1S/C16H14ClF2NO3/c17-12-3-7-13(8-4-12)22-10-15(21)20-9-11-1-5-14(6-2-11)23-16(18)19/h1-8,16H,9-10H2,(H,20,21). The minimum absolute atomic E-state index is 0.0705. The molecule has 23 heavy (non-hydrogen) atoms. The molecule has 0 spiro atoms. The van der Waals surface area contributed by atoms with Crippen molar-refractivity contribution in [3.05, 3.63) is 59.1 Å². The lowest BCUT2D eigenvalue weighted by atomic mass is 10.2. The van der Waals surface area contributed by atoms with E-state index >= 15 is 0 Å². The molecule has 0 aliphatic rings. The van der Waals surface area contributed by atoms with Gasteiger partial charge in [-0.1, -0.05) is 23.7 Å². The van der Waals surface area contributed by atoms with Crippen LogP contribution in [0.1, 0.15) is 5.56 Å². The summed E-state index contributed by atoms with van der Waals surface area (Å²) in [5.74, 6) is 0.312. The molecule has 0 aromatic heterocycles. The van der Waals surface area contributed by atoms with Crippen molar-refractivity contribution in [2.45, 2.75) is 13.2 Å². The molecule has 7 heteroatoms. The number of nitrogens with one attached hydrogen (secondary N) is 1. The van der Waals surface area contributed by atoms with Crippen molar-refractivity contribution in [1.29, 1.82) is 0 Å². The highest BCUT2D eigenvalue weighted by atomic mass is 35.5. The van der Waals surface area contributed by atoms with Gasteiger partial charge in [-0.25, -0.2) is 0 Å². The smallest absolute Gasteiger partial charge is 0.387 e. The largest absolute Gasteiger partial charge is 0.484 e. The lowest BCUT2D eigenvalue weighted by Gasteiger charge is -2.08. The van der Waals surface area contributed by atoms with Gasteiger partial charge in [0.1, 0.15) is 11.5 Å². The first-order valence-electron chi connectivity index (χ1n) is 6.72. The fourth-order valence-corrected chi connectivity index (χ4v) is 1.85. The van der Waals surface area contributed by atoms with Gasteiger partial charge in [-0.15, -0.1) is 0 Å². The Balaban J connectivity index is 1.74. The van der Waals surface area contributed by atoms with Gasteiger partial charge < -0.3 is 14.8 Å². The molecule has 0 aliphatic heterocycles. The highest BCUT2D eigenvalue weighted by Gasteiger charge is 2.05. The van der Waals surface area contributed by atoms with Crippen LogP contribution in [0.3, 0.4) is 0 Å². The second-order valence-corrected chi connectivity index (χ2v) is 4.98. The number of amides is 1. The van der Waals surface area contributed by atoms with Gasteiger partial charge in [0.2, 0.25) is 0 Å². The Kier molecular flexibility index (Phi) is 6.17. The predicted octanol–water partition coefficient (Wildman–Crippen LogP) is 3.64. The van der Waals surface area contributed by atoms with Crippen LogP contribution in [0.5, 0.6) is 11.5 Å². The molecule has 122 valence electrons. The van der Waals surface area contributed by atoms with Crippen molar-refractivity contribution in [3.8, 4) is 11.5 Å². The Morgan fingerprint density at radius 2 is 1.65 bits per heavy atom. The molecule has 1 amide bonds. The molecule has 2 aromatic rings. The van der Waals surface area contributed by atoms with E-state index in [1.807, 2.05) is 0 Å². The molecule has 0 bridgehead atoms. The summed E-state index contributed by atoms with van der Waals surface area (Å²) >= 11 is 5.75. The summed E-state index contributed by atoms with van der Waals surface area (Å²) in [4.78, 5) is 11.7. The van der Waals surface area contributed by atoms with E-state index < -0.39 is 6.61 Å². The Bertz CT molecular complexity index is 633. The lowest BCUT2D eigenvalue weighted by molar-refractivity contribution is -0.123. The summed E-state index contributed by atoms with van der Waals surface area (Å²) in [6.45, 7) is -2.73. The Morgan fingerprint density at radius 3 is 2.26 bits per heavy atom. The fraction of sp³-hybridized carbons (Fsp3) is 0.188. The third-order valence-corrected chi connectivity index (χ3v) is 3.07. The summed E-state index contributed by atoms with van der Waals surface area (Å²) < 4.78 is 33.6. The molecule has 1 N–H and O–H groups in total. The van der Waals surface area contributed by atoms with Crippen molar-refractivity contribution < 1.29 is 23.0 Å². The van der Waals surface area contributed by atoms with Crippen LogP contribution in [0.2, 0.25) is 5.02 Å². The van der Waals surface area contributed by atoms with Crippen LogP contribution in [0.15, 0.2) is 48.5 Å². The van der Waals surface area contributed by atoms with Crippen molar-refractivity contribution in [3.63, 3.8) is 0 Å². The molecule has 0 unspecified atom stereocenters. The SMILES string of the molecule is O=C(COc1ccc(Cl)cc1)NCc1ccc(OC(F)F)cc1. The number of hydrogen-bond acceptors (Lipinski definition) is 3. The third-order valence-electron chi connectivity index (χ3n) is 2.82. The van der Waals surface area contributed by atoms with Gasteiger partial charge >= 0.3 is 6.61 Å². The Labute approximate surface area is 137 Å². The van der Waals surface area contributed by atoms with E-state index in [0.717, 1.165) is 5.56 Å². The van der Waals surface area contributed by atoms with Gasteiger partial charge in [0.25, 0.3) is 5.91 Å². The van der Waals surface area contributed by atoms with Gasteiger partial charge in [-0.05, 0) is 42.0 Å². The minimum atomic E-state index is -2.86. The minimum Gasteiger partial charge on any atom is -0.484 e. The second-order valence-electron chi connectivity index (χ2n) is 4.54. The van der Waals surface area contributed by atoms with Crippen molar-refractivity contribution in [2.75, 3.05) is 6.61 Å². The van der Waals surface area contributed by atoms with Gasteiger partial charge in [0.05, 0.1) is 0 Å². The topological polar surface area (TPSA) is 47.6 Å². The van der Waals surface area contributed by atoms with Crippen LogP contribution in [-0.2, 0) is 11.3 Å². The van der Waals surface area contributed by atoms with Crippen LogP contribution in [0.4, 0.5) is 8.78 Å². The zero-order chi connectivity index (χ0) is 16.7. The van der Waals surface area contributed by atoms with Crippen LogP contribution in [0.25, 0.3) is 0 Å². The van der Waals surface area contributed by atoms with Crippen molar-refractivity contribution in [1.82, 2.24) is 5.32 Å². The van der Waals surface area contributed by atoms with Gasteiger partial charge in [-0.2, -0.15) is 8.78 Å². The molecular weight excluding hydrogens is 328 g/mol. The maximum Gasteiger partial charge on any atom is 0.387 e. The number of alkyl halides is 2. The van der Waals surface area contributed by atoms with E-state index in [0.29, 0.717) is 10.8 Å². The molecular formula is C16H14ClF2NO3. The van der Waals surface area contributed by atoms with Crippen molar-refractivity contribution in [2.24, 2.45) is 0 Å². The summed E-state index contributed by atoms with van der Waals surface area (Å²) in [5.41, 5.74) is 0.756. The average Bonchev–Trinajstić information content (AvgIpc) is 2.53. The molecule has 0 radical (unpaired) electrons. The molecule has 2 aromatic carbocycles. The van der Waals surface area contributed by atoms with E-state index in [1.165, 1.54) is 12.1 Å². The maximum absolute atomic E-state index is 12.0. The van der Waals surface area contributed by atoms with E-state index in [9.17, 15) is 13.6 Å². The first-order chi connectivity index (χ1) is 11.0. The molecule has 4 nitrogen and oxygen atoms in total. The van der Waals surface area contributed by atoms with Crippen LogP contribution < -0.4 is 14.8 Å². The van der Waals surface area contributed by atoms with E-state index in [2.05, 4.69) is 10.1 Å². The van der Waals surface area contributed by atoms with E-state index in [4.69, 9.17) is 16.3 Å². The number of ether oxygens (including phenoxy) is 2. The number of halogens is 3. The predicted molar refractivity (Wildman–Crippen MR) is 81.9 cm³/mol. The Morgan fingerprint density at radius 1 is 1.04 bits per heavy atom. The molecule has 2 rings (SSSR count). The number of carbonyl (C=O) groups is 1. The highest BCUT2D eigenvalue weighted by molar-refractivity contribution is 6.30. The highest BCUT2D eigenvalue weighted by Crippen LogP contribution is 2.16. The summed E-state index contributed by atoms with van der Waals surface area (Å²) in [5, 5.41) is 3.25. The Hall–Kier alpha value is -2.34. The normalized spacial score (nSPS) is 10.4. The maximum atomic E-state index is 12.0. The summed E-state index contributed by atoms with van der Waals surface area (Å²) in [6.07, 6.45) is 0. The first kappa shape index (κ1) is 17.0. The van der Waals surface area contributed by atoms with Gasteiger partial charge in [-0.3, -0.25) is 4.79 Å². The fourth-order valence-electron chi connectivity index (χ4n) is 1.72. The van der Waals surface area contributed by atoms with E-state index in [-0.39, 0.29) is 24.8 Å². The second kappa shape index (κ2) is 8.33. The monoisotopic (exact) mass is 341 g/mol. The quantitative estimate of drug-likeness (QED) is 0.836. The molecule has 0 atom stereocenters. The van der Waals surface area contributed by atoms with Gasteiger partial charge in [0, 0.05) is 11.6 Å².